The molecule has 15 heteroatoms. The molecule has 2 aliphatic rings. The Hall–Kier alpha value is -5.57. The summed E-state index contributed by atoms with van der Waals surface area (Å²) >= 11 is 0. The molecule has 0 radical (unpaired) electrons. The van der Waals surface area contributed by atoms with Gasteiger partial charge in [-0.2, -0.15) is 8.78 Å². The molecule has 56 heavy (non-hydrogen) atoms. The number of nitrogens with two attached hydrogens (primary N) is 1. The van der Waals surface area contributed by atoms with E-state index < -0.39 is 40.4 Å². The molecule has 3 amide bonds. The Balaban J connectivity index is 1.13. The first-order valence-electron chi connectivity index (χ1n) is 18.3. The average molecular weight is 794 g/mol. The van der Waals surface area contributed by atoms with Crippen molar-refractivity contribution >= 4 is 27.9 Å². The Kier molecular flexibility index (Phi) is 12.5. The van der Waals surface area contributed by atoms with Crippen LogP contribution in [-0.4, -0.2) is 51.5 Å². The molecule has 2 aliphatic carbocycles. The zero-order chi connectivity index (χ0) is 40.0. The second kappa shape index (κ2) is 17.5. The van der Waals surface area contributed by atoms with Gasteiger partial charge in [-0.3, -0.25) is 4.79 Å². The van der Waals surface area contributed by atoms with Crippen LogP contribution in [0.15, 0.2) is 83.8 Å². The lowest BCUT2D eigenvalue weighted by molar-refractivity contribution is -0.0494. The Morgan fingerprint density at radius 1 is 0.732 bits per heavy atom. The molecule has 0 aliphatic heterocycles. The van der Waals surface area contributed by atoms with E-state index in [0.29, 0.717) is 42.4 Å². The van der Waals surface area contributed by atoms with Crippen LogP contribution < -0.4 is 30.6 Å². The van der Waals surface area contributed by atoms with Crippen LogP contribution in [0.25, 0.3) is 22.3 Å². The van der Waals surface area contributed by atoms with Crippen molar-refractivity contribution in [3.05, 3.63) is 95.8 Å². The quantitative estimate of drug-likeness (QED) is 0.136. The van der Waals surface area contributed by atoms with Gasteiger partial charge in [0.25, 0.3) is 0 Å². The lowest BCUT2D eigenvalue weighted by atomic mass is 9.81. The van der Waals surface area contributed by atoms with E-state index in [1.807, 2.05) is 0 Å². The van der Waals surface area contributed by atoms with E-state index in [0.717, 1.165) is 38.4 Å². The van der Waals surface area contributed by atoms with Crippen molar-refractivity contribution in [1.29, 1.82) is 0 Å². The van der Waals surface area contributed by atoms with Crippen LogP contribution in [0, 0.1) is 5.82 Å². The summed E-state index contributed by atoms with van der Waals surface area (Å²) < 4.78 is 82.9. The second-order valence-corrected chi connectivity index (χ2v) is 16.2. The van der Waals surface area contributed by atoms with E-state index >= 15 is 4.39 Å². The highest BCUT2D eigenvalue weighted by Gasteiger charge is 2.27. The molecule has 0 aromatic heterocycles. The third-order valence-electron chi connectivity index (χ3n) is 10.1. The number of rotatable bonds is 11. The molecular formula is C41H42F3N3O8S. The van der Waals surface area contributed by atoms with Crippen molar-refractivity contribution < 1.29 is 50.2 Å². The van der Waals surface area contributed by atoms with E-state index in [2.05, 4.69) is 15.4 Å². The number of alkyl halides is 2. The molecule has 0 unspecified atom stereocenters. The smallest absolute Gasteiger partial charge is 0.412 e. The summed E-state index contributed by atoms with van der Waals surface area (Å²) in [5.41, 5.74) is 7.09. The minimum atomic E-state index is -3.70. The van der Waals surface area contributed by atoms with Gasteiger partial charge >= 0.3 is 18.8 Å². The number of carbonyl (C=O) groups excluding carboxylic acids is 3. The van der Waals surface area contributed by atoms with Crippen molar-refractivity contribution in [3.8, 4) is 39.5 Å². The number of benzene rings is 4. The number of hydrogen-bond donors (Lipinski definition) is 3. The Bertz CT molecular complexity index is 2200. The SMILES string of the molecule is CS(=O)(=O)c1cc(-c2cc(OC(=O)NC3CCCCC3)ccc2F)cc(C2CCC(NC(=O)Oc3ccc(OC(F)F)c(-c4cccc(C(N)=O)c4)c3)CC2)c1. The first-order valence-corrected chi connectivity index (χ1v) is 20.2. The average Bonchev–Trinajstić information content (AvgIpc) is 3.16. The first-order chi connectivity index (χ1) is 26.7. The van der Waals surface area contributed by atoms with Crippen molar-refractivity contribution in [3.63, 3.8) is 0 Å². The molecule has 11 nitrogen and oxygen atoms in total. The molecule has 6 rings (SSSR count). The molecule has 4 aromatic rings. The molecular weight excluding hydrogens is 752 g/mol. The van der Waals surface area contributed by atoms with Crippen LogP contribution in [0.3, 0.4) is 0 Å². The van der Waals surface area contributed by atoms with Crippen molar-refractivity contribution in [2.24, 2.45) is 5.73 Å². The zero-order valence-corrected chi connectivity index (χ0v) is 31.4. The van der Waals surface area contributed by atoms with Crippen LogP contribution in [0.1, 0.15) is 79.6 Å². The predicted molar refractivity (Wildman–Crippen MR) is 202 cm³/mol. The maximum Gasteiger partial charge on any atom is 0.412 e. The van der Waals surface area contributed by atoms with Gasteiger partial charge in [0.1, 0.15) is 23.1 Å². The molecule has 4 aromatic carbocycles. The molecule has 0 heterocycles. The fraction of sp³-hybridized carbons (Fsp3) is 0.341. The van der Waals surface area contributed by atoms with E-state index in [4.69, 9.17) is 15.2 Å². The van der Waals surface area contributed by atoms with Gasteiger partial charge in [0, 0.05) is 35.0 Å². The molecule has 2 fully saturated rings. The van der Waals surface area contributed by atoms with Gasteiger partial charge in [-0.15, -0.1) is 0 Å². The summed E-state index contributed by atoms with van der Waals surface area (Å²) in [6.07, 6.45) is 6.71. The summed E-state index contributed by atoms with van der Waals surface area (Å²) in [5.74, 6) is -1.49. The van der Waals surface area contributed by atoms with Gasteiger partial charge in [-0.1, -0.05) is 37.5 Å². The normalized spacial score (nSPS) is 17.5. The maximum absolute atomic E-state index is 15.3. The van der Waals surface area contributed by atoms with Gasteiger partial charge in [0.2, 0.25) is 5.91 Å². The molecule has 4 N–H and O–H groups in total. The number of sulfone groups is 1. The second-order valence-electron chi connectivity index (χ2n) is 14.1. The summed E-state index contributed by atoms with van der Waals surface area (Å²) in [4.78, 5) is 37.3. The Morgan fingerprint density at radius 2 is 1.36 bits per heavy atom. The van der Waals surface area contributed by atoms with Gasteiger partial charge in [-0.25, -0.2) is 22.4 Å². The molecule has 0 bridgehead atoms. The molecule has 0 spiro atoms. The van der Waals surface area contributed by atoms with Gasteiger partial charge in [-0.05, 0) is 122 Å². The summed E-state index contributed by atoms with van der Waals surface area (Å²) in [5, 5.41) is 5.69. The number of amides is 3. The number of primary amides is 1. The number of hydrogen-bond acceptors (Lipinski definition) is 8. The third kappa shape index (κ3) is 10.4. The molecule has 0 saturated heterocycles. The Labute approximate surface area is 322 Å². The van der Waals surface area contributed by atoms with Crippen LogP contribution in [-0.2, 0) is 9.84 Å². The molecule has 296 valence electrons. The largest absolute Gasteiger partial charge is 0.434 e. The predicted octanol–water partition coefficient (Wildman–Crippen LogP) is 8.50. The fourth-order valence-electron chi connectivity index (χ4n) is 7.28. The van der Waals surface area contributed by atoms with Crippen LogP contribution in [0.5, 0.6) is 17.2 Å². The van der Waals surface area contributed by atoms with Crippen molar-refractivity contribution in [1.82, 2.24) is 10.6 Å². The lowest BCUT2D eigenvalue weighted by Crippen LogP contribution is -2.39. The van der Waals surface area contributed by atoms with Crippen LogP contribution in [0.4, 0.5) is 22.8 Å². The Morgan fingerprint density at radius 3 is 1.98 bits per heavy atom. The topological polar surface area (TPSA) is 163 Å². The standard InChI is InChI=1S/C41H42F3N3O8S/c1-56(51,52)33-20-27(19-28(21-33)34-22-31(14-16-36(34)42)53-40(49)46-29-8-3-2-4-9-29)24-10-12-30(13-11-24)47-41(50)54-32-15-17-37(55-39(43)44)35(23-32)25-6-5-7-26(18-25)38(45)48/h5-7,14-24,29-30,39H,2-4,8-13H2,1H3,(H2,45,48)(H,46,49)(H,47,50). The highest BCUT2D eigenvalue weighted by atomic mass is 32.2. The number of halogens is 3. The fourth-order valence-corrected chi connectivity index (χ4v) is 7.97. The first kappa shape index (κ1) is 40.1. The number of nitrogens with one attached hydrogen (secondary N) is 2. The van der Waals surface area contributed by atoms with E-state index in [1.54, 1.807) is 18.2 Å². The summed E-state index contributed by atoms with van der Waals surface area (Å²) in [6, 6.07) is 18.2. The number of carbonyl (C=O) groups is 3. The van der Waals surface area contributed by atoms with E-state index in [9.17, 15) is 31.6 Å². The van der Waals surface area contributed by atoms with Gasteiger partial charge in [0.15, 0.2) is 9.84 Å². The van der Waals surface area contributed by atoms with E-state index in [1.165, 1.54) is 60.7 Å². The van der Waals surface area contributed by atoms with E-state index in [-0.39, 0.29) is 56.8 Å². The minimum absolute atomic E-state index is 0.0141. The monoisotopic (exact) mass is 793 g/mol. The number of ether oxygens (including phenoxy) is 3. The maximum atomic E-state index is 15.3. The highest BCUT2D eigenvalue weighted by Crippen LogP contribution is 2.39. The van der Waals surface area contributed by atoms with Crippen LogP contribution in [0.2, 0.25) is 0 Å². The lowest BCUT2D eigenvalue weighted by Gasteiger charge is -2.29. The van der Waals surface area contributed by atoms with Gasteiger partial charge in [0.05, 0.1) is 4.90 Å². The molecule has 2 saturated carbocycles. The van der Waals surface area contributed by atoms with Crippen molar-refractivity contribution in [2.45, 2.75) is 87.3 Å². The third-order valence-corrected chi connectivity index (χ3v) is 11.2. The highest BCUT2D eigenvalue weighted by molar-refractivity contribution is 7.90. The minimum Gasteiger partial charge on any atom is -0.434 e. The molecule has 0 atom stereocenters. The van der Waals surface area contributed by atoms with Crippen molar-refractivity contribution in [2.75, 3.05) is 6.26 Å². The summed E-state index contributed by atoms with van der Waals surface area (Å²) in [6.45, 7) is -3.13. The zero-order valence-electron chi connectivity index (χ0n) is 30.6. The van der Waals surface area contributed by atoms with Crippen LogP contribution >= 0.6 is 0 Å². The summed E-state index contributed by atoms with van der Waals surface area (Å²) in [7, 11) is -3.70. The van der Waals surface area contributed by atoms with Gasteiger partial charge < -0.3 is 30.6 Å².